The topological polar surface area (TPSA) is 64.4 Å². The van der Waals surface area contributed by atoms with Gasteiger partial charge in [-0.05, 0) is 19.9 Å². The van der Waals surface area contributed by atoms with Gasteiger partial charge >= 0.3 is 0 Å². The van der Waals surface area contributed by atoms with Crippen LogP contribution in [0.2, 0.25) is 0 Å². The van der Waals surface area contributed by atoms with Crippen molar-refractivity contribution in [1.29, 1.82) is 0 Å². The van der Waals surface area contributed by atoms with E-state index in [1.165, 1.54) is 6.39 Å². The van der Waals surface area contributed by atoms with Gasteiger partial charge in [-0.1, -0.05) is 25.1 Å². The molecule has 2 heterocycles. The van der Waals surface area contributed by atoms with Crippen LogP contribution in [-0.2, 0) is 6.42 Å². The first-order chi connectivity index (χ1) is 10.5. The van der Waals surface area contributed by atoms with Crippen LogP contribution in [0.3, 0.4) is 0 Å². The molecule has 22 heavy (non-hydrogen) atoms. The van der Waals surface area contributed by atoms with Crippen molar-refractivity contribution in [2.75, 3.05) is 0 Å². The van der Waals surface area contributed by atoms with E-state index in [0.717, 1.165) is 11.3 Å². The molecule has 0 aliphatic carbocycles. The smallest absolute Gasteiger partial charge is 0.274 e. The average molecular weight is 300 g/mol. The Labute approximate surface area is 129 Å². The monoisotopic (exact) mass is 300 g/mol. The van der Waals surface area contributed by atoms with E-state index >= 15 is 0 Å². The molecule has 0 bridgehead atoms. The third-order valence-electron chi connectivity index (χ3n) is 3.86. The largest absolute Gasteiger partial charge is 0.487 e. The van der Waals surface area contributed by atoms with E-state index in [-0.39, 0.29) is 17.6 Å². The maximum absolute atomic E-state index is 12.5. The molecule has 1 aromatic heterocycles. The molecular weight excluding hydrogens is 280 g/mol. The Morgan fingerprint density at radius 3 is 2.95 bits per heavy atom. The number of hydrogen-bond donors (Lipinski definition) is 1. The van der Waals surface area contributed by atoms with Gasteiger partial charge in [-0.25, -0.2) is 4.98 Å². The molecule has 1 amide bonds. The van der Waals surface area contributed by atoms with E-state index in [0.29, 0.717) is 24.3 Å². The van der Waals surface area contributed by atoms with Crippen molar-refractivity contribution in [2.24, 2.45) is 0 Å². The van der Waals surface area contributed by atoms with Crippen LogP contribution in [0.4, 0.5) is 0 Å². The van der Waals surface area contributed by atoms with Crippen LogP contribution in [0.5, 0.6) is 5.75 Å². The number of hydrogen-bond acceptors (Lipinski definition) is 4. The lowest BCUT2D eigenvalue weighted by molar-refractivity contribution is 0.0618. The lowest BCUT2D eigenvalue weighted by Crippen LogP contribution is -2.41. The Hall–Kier alpha value is -2.30. The van der Waals surface area contributed by atoms with Crippen LogP contribution in [0.1, 0.15) is 55.0 Å². The van der Waals surface area contributed by atoms with Crippen molar-refractivity contribution in [1.82, 2.24) is 10.3 Å². The molecule has 116 valence electrons. The van der Waals surface area contributed by atoms with Crippen molar-refractivity contribution in [2.45, 2.75) is 45.3 Å². The second-order valence-corrected chi connectivity index (χ2v) is 6.11. The van der Waals surface area contributed by atoms with E-state index in [1.54, 1.807) is 0 Å². The summed E-state index contributed by atoms with van der Waals surface area (Å²) in [5.74, 6) is 1.22. The molecule has 1 N–H and O–H groups in total. The quantitative estimate of drug-likeness (QED) is 0.945. The standard InChI is InChI=1S/C17H20N2O3/c1-4-13-15(18-10-21-13)16(20)19-12-9-17(2,3)22-14-8-6-5-7-11(12)14/h5-8,10,12H,4,9H2,1-3H3,(H,19,20)/t12-/m0/s1. The lowest BCUT2D eigenvalue weighted by Gasteiger charge is -2.37. The van der Waals surface area contributed by atoms with Gasteiger partial charge in [0.25, 0.3) is 5.91 Å². The van der Waals surface area contributed by atoms with Crippen molar-refractivity contribution in [3.8, 4) is 5.75 Å². The van der Waals surface area contributed by atoms with Gasteiger partial charge in [-0.15, -0.1) is 0 Å². The number of amides is 1. The highest BCUT2D eigenvalue weighted by molar-refractivity contribution is 5.93. The van der Waals surface area contributed by atoms with Gasteiger partial charge in [0.2, 0.25) is 0 Å². The molecule has 1 aromatic carbocycles. The number of benzene rings is 1. The molecule has 0 saturated carbocycles. The molecular formula is C17H20N2O3. The molecule has 0 saturated heterocycles. The predicted molar refractivity (Wildman–Crippen MR) is 81.9 cm³/mol. The molecule has 5 nitrogen and oxygen atoms in total. The average Bonchev–Trinajstić information content (AvgIpc) is 2.94. The highest BCUT2D eigenvalue weighted by Gasteiger charge is 2.35. The first kappa shape index (κ1) is 14.6. The number of nitrogens with one attached hydrogen (secondary N) is 1. The summed E-state index contributed by atoms with van der Waals surface area (Å²) in [6.07, 6.45) is 2.66. The van der Waals surface area contributed by atoms with Gasteiger partial charge in [-0.3, -0.25) is 4.79 Å². The van der Waals surface area contributed by atoms with Gasteiger partial charge < -0.3 is 14.5 Å². The minimum absolute atomic E-state index is 0.103. The molecule has 0 fully saturated rings. The Bertz CT molecular complexity index is 691. The highest BCUT2D eigenvalue weighted by Crippen LogP contribution is 2.39. The van der Waals surface area contributed by atoms with Crippen molar-refractivity contribution in [3.05, 3.63) is 47.7 Å². The summed E-state index contributed by atoms with van der Waals surface area (Å²) in [5.41, 5.74) is 1.03. The summed E-state index contributed by atoms with van der Waals surface area (Å²) in [4.78, 5) is 16.5. The van der Waals surface area contributed by atoms with Gasteiger partial charge in [0.05, 0.1) is 6.04 Å². The summed E-state index contributed by atoms with van der Waals surface area (Å²) in [6, 6.07) is 7.70. The number of nitrogens with zero attached hydrogens (tertiary/aromatic N) is 1. The van der Waals surface area contributed by atoms with Crippen LogP contribution in [-0.4, -0.2) is 16.5 Å². The Balaban J connectivity index is 1.87. The van der Waals surface area contributed by atoms with Crippen molar-refractivity contribution in [3.63, 3.8) is 0 Å². The first-order valence-electron chi connectivity index (χ1n) is 7.51. The van der Waals surface area contributed by atoms with Crippen molar-refractivity contribution >= 4 is 5.91 Å². The Morgan fingerprint density at radius 2 is 2.18 bits per heavy atom. The van der Waals surface area contributed by atoms with Crippen molar-refractivity contribution < 1.29 is 13.9 Å². The number of para-hydroxylation sites is 1. The molecule has 1 aliphatic heterocycles. The first-order valence-corrected chi connectivity index (χ1v) is 7.51. The van der Waals surface area contributed by atoms with Gasteiger partial charge in [-0.2, -0.15) is 0 Å². The third-order valence-corrected chi connectivity index (χ3v) is 3.86. The second-order valence-electron chi connectivity index (χ2n) is 6.11. The predicted octanol–water partition coefficient (Wildman–Crippen LogP) is 3.27. The zero-order chi connectivity index (χ0) is 15.7. The molecule has 0 spiro atoms. The van der Waals surface area contributed by atoms with Gasteiger partial charge in [0, 0.05) is 18.4 Å². The lowest BCUT2D eigenvalue weighted by atomic mass is 9.89. The number of aryl methyl sites for hydroxylation is 1. The Morgan fingerprint density at radius 1 is 1.41 bits per heavy atom. The maximum Gasteiger partial charge on any atom is 0.274 e. The van der Waals surface area contributed by atoms with Gasteiger partial charge in [0.15, 0.2) is 12.1 Å². The molecule has 1 atom stereocenters. The number of ether oxygens (including phenoxy) is 1. The van der Waals surface area contributed by atoms with Crippen LogP contribution < -0.4 is 10.1 Å². The molecule has 2 aromatic rings. The van der Waals surface area contributed by atoms with Crippen LogP contribution in [0.15, 0.2) is 35.1 Å². The van der Waals surface area contributed by atoms with E-state index in [2.05, 4.69) is 10.3 Å². The minimum atomic E-state index is -0.330. The van der Waals surface area contributed by atoms with E-state index < -0.39 is 0 Å². The second kappa shape index (κ2) is 5.48. The summed E-state index contributed by atoms with van der Waals surface area (Å²) in [5, 5.41) is 3.07. The maximum atomic E-state index is 12.5. The zero-order valence-electron chi connectivity index (χ0n) is 13.1. The molecule has 0 radical (unpaired) electrons. The SMILES string of the molecule is CCc1ocnc1C(=O)N[C@H]1CC(C)(C)Oc2ccccc21. The molecule has 3 rings (SSSR count). The van der Waals surface area contributed by atoms with Crippen LogP contribution in [0, 0.1) is 0 Å². The fourth-order valence-electron chi connectivity index (χ4n) is 2.86. The summed E-state index contributed by atoms with van der Waals surface area (Å²) < 4.78 is 11.2. The molecule has 1 aliphatic rings. The van der Waals surface area contributed by atoms with E-state index in [4.69, 9.17) is 9.15 Å². The van der Waals surface area contributed by atoms with E-state index in [9.17, 15) is 4.79 Å². The summed E-state index contributed by atoms with van der Waals surface area (Å²) in [7, 11) is 0. The fraction of sp³-hybridized carbons (Fsp3) is 0.412. The fourth-order valence-corrected chi connectivity index (χ4v) is 2.86. The molecule has 0 unspecified atom stereocenters. The molecule has 5 heteroatoms. The number of oxazole rings is 1. The minimum Gasteiger partial charge on any atom is -0.487 e. The highest BCUT2D eigenvalue weighted by atomic mass is 16.5. The summed E-state index contributed by atoms with van der Waals surface area (Å²) >= 11 is 0. The number of aromatic nitrogens is 1. The Kier molecular flexibility index (Phi) is 3.64. The third kappa shape index (κ3) is 2.71. The van der Waals surface area contributed by atoms with Gasteiger partial charge in [0.1, 0.15) is 17.1 Å². The van der Waals surface area contributed by atoms with Crippen LogP contribution >= 0.6 is 0 Å². The van der Waals surface area contributed by atoms with Crippen LogP contribution in [0.25, 0.3) is 0 Å². The van der Waals surface area contributed by atoms with E-state index in [1.807, 2.05) is 45.0 Å². The zero-order valence-corrected chi connectivity index (χ0v) is 13.1. The normalized spacial score (nSPS) is 19.1. The summed E-state index contributed by atoms with van der Waals surface area (Å²) in [6.45, 7) is 5.98. The number of rotatable bonds is 3. The number of carbonyl (C=O) groups is 1. The number of fused-ring (bicyclic) bond motifs is 1. The number of carbonyl (C=O) groups excluding carboxylic acids is 1.